The summed E-state index contributed by atoms with van der Waals surface area (Å²) in [6.45, 7) is 2.09. The van der Waals surface area contributed by atoms with Gasteiger partial charge in [-0.05, 0) is 43.9 Å². The van der Waals surface area contributed by atoms with Crippen molar-refractivity contribution < 1.29 is 4.79 Å². The summed E-state index contributed by atoms with van der Waals surface area (Å²) in [5.74, 6) is 0.626. The van der Waals surface area contributed by atoms with E-state index >= 15 is 0 Å². The molecule has 0 aliphatic heterocycles. The molecule has 1 aliphatic carbocycles. The number of amides is 1. The Morgan fingerprint density at radius 2 is 2.06 bits per heavy atom. The quantitative estimate of drug-likeness (QED) is 0.781. The van der Waals surface area contributed by atoms with Crippen LogP contribution in [0, 0.1) is 5.92 Å². The minimum atomic E-state index is -0.0260. The Bertz CT molecular complexity index is 440. The average Bonchev–Trinajstić information content (AvgIpc) is 3.10. The second kappa shape index (κ2) is 4.28. The summed E-state index contributed by atoms with van der Waals surface area (Å²) in [7, 11) is 1.83. The largest absolute Gasteiger partial charge is 0.399 e. The molecule has 2 rings (SSSR count). The molecule has 0 aromatic heterocycles. The lowest BCUT2D eigenvalue weighted by Crippen LogP contribution is -2.36. The van der Waals surface area contributed by atoms with Gasteiger partial charge in [-0.3, -0.25) is 4.79 Å². The van der Waals surface area contributed by atoms with Gasteiger partial charge in [0.2, 0.25) is 0 Å². The molecule has 4 heteroatoms. The summed E-state index contributed by atoms with van der Waals surface area (Å²) in [6.07, 6.45) is 2.44. The topological polar surface area (TPSA) is 72.3 Å². The number of benzene rings is 1. The van der Waals surface area contributed by atoms with Crippen molar-refractivity contribution in [3.63, 3.8) is 0 Å². The standard InChI is InChI=1S/C13H19N3O/c1-8(9-3-4-9)16(2)13(17)11-6-5-10(14)7-12(11)15/h5-9H,3-4,14-15H2,1-2H3. The molecule has 1 aromatic rings. The smallest absolute Gasteiger partial charge is 0.255 e. The molecular weight excluding hydrogens is 214 g/mol. The Hall–Kier alpha value is -1.71. The number of nitrogens with two attached hydrogens (primary N) is 2. The van der Waals surface area contributed by atoms with E-state index in [1.807, 2.05) is 7.05 Å². The molecule has 1 unspecified atom stereocenters. The van der Waals surface area contributed by atoms with E-state index in [9.17, 15) is 4.79 Å². The van der Waals surface area contributed by atoms with Crippen LogP contribution in [-0.4, -0.2) is 23.9 Å². The first-order valence-corrected chi connectivity index (χ1v) is 5.93. The third-order valence-electron chi connectivity index (χ3n) is 3.54. The Balaban J connectivity index is 2.18. The van der Waals surface area contributed by atoms with Gasteiger partial charge in [0.05, 0.1) is 5.56 Å². The molecule has 1 aromatic carbocycles. The Labute approximate surface area is 102 Å². The van der Waals surface area contributed by atoms with Gasteiger partial charge in [0.15, 0.2) is 0 Å². The predicted octanol–water partition coefficient (Wildman–Crippen LogP) is 1.72. The maximum atomic E-state index is 12.3. The molecule has 0 heterocycles. The molecule has 1 atom stereocenters. The molecule has 0 saturated heterocycles. The SMILES string of the molecule is CC(C1CC1)N(C)C(=O)c1ccc(N)cc1N. The van der Waals surface area contributed by atoms with E-state index < -0.39 is 0 Å². The van der Waals surface area contributed by atoms with E-state index in [2.05, 4.69) is 6.92 Å². The zero-order chi connectivity index (χ0) is 12.6. The summed E-state index contributed by atoms with van der Waals surface area (Å²) < 4.78 is 0. The van der Waals surface area contributed by atoms with Gasteiger partial charge < -0.3 is 16.4 Å². The number of hydrogen-bond acceptors (Lipinski definition) is 3. The normalized spacial score (nSPS) is 16.6. The van der Waals surface area contributed by atoms with E-state index in [-0.39, 0.29) is 11.9 Å². The summed E-state index contributed by atoms with van der Waals surface area (Å²) in [5.41, 5.74) is 13.0. The predicted molar refractivity (Wildman–Crippen MR) is 69.5 cm³/mol. The van der Waals surface area contributed by atoms with E-state index in [0.717, 1.165) is 0 Å². The highest BCUT2D eigenvalue weighted by molar-refractivity contribution is 5.99. The molecule has 1 amide bonds. The van der Waals surface area contributed by atoms with Crippen molar-refractivity contribution in [2.75, 3.05) is 18.5 Å². The maximum absolute atomic E-state index is 12.3. The Kier molecular flexibility index (Phi) is 2.96. The van der Waals surface area contributed by atoms with Crippen LogP contribution < -0.4 is 11.5 Å². The lowest BCUT2D eigenvalue weighted by Gasteiger charge is -2.25. The molecule has 1 saturated carbocycles. The van der Waals surface area contributed by atoms with Crippen molar-refractivity contribution in [1.82, 2.24) is 4.90 Å². The van der Waals surface area contributed by atoms with Gasteiger partial charge in [-0.25, -0.2) is 0 Å². The monoisotopic (exact) mass is 233 g/mol. The van der Waals surface area contributed by atoms with Crippen LogP contribution in [0.2, 0.25) is 0 Å². The molecule has 1 fully saturated rings. The second-order valence-corrected chi connectivity index (χ2v) is 4.84. The van der Waals surface area contributed by atoms with Gasteiger partial charge in [0, 0.05) is 24.5 Å². The van der Waals surface area contributed by atoms with E-state index in [4.69, 9.17) is 11.5 Å². The van der Waals surface area contributed by atoms with Crippen LogP contribution in [0.3, 0.4) is 0 Å². The minimum Gasteiger partial charge on any atom is -0.399 e. The molecule has 17 heavy (non-hydrogen) atoms. The fourth-order valence-electron chi connectivity index (χ4n) is 2.05. The number of rotatable bonds is 3. The Morgan fingerprint density at radius 3 is 2.59 bits per heavy atom. The van der Waals surface area contributed by atoms with Crippen LogP contribution in [-0.2, 0) is 0 Å². The number of anilines is 2. The van der Waals surface area contributed by atoms with E-state index in [0.29, 0.717) is 22.9 Å². The Morgan fingerprint density at radius 1 is 1.41 bits per heavy atom. The molecule has 92 valence electrons. The lowest BCUT2D eigenvalue weighted by molar-refractivity contribution is 0.0728. The van der Waals surface area contributed by atoms with Gasteiger partial charge in [-0.15, -0.1) is 0 Å². The van der Waals surface area contributed by atoms with Crippen LogP contribution in [0.5, 0.6) is 0 Å². The molecule has 0 bridgehead atoms. The molecular formula is C13H19N3O. The van der Waals surface area contributed by atoms with Crippen molar-refractivity contribution in [3.05, 3.63) is 23.8 Å². The molecule has 0 spiro atoms. The van der Waals surface area contributed by atoms with Crippen molar-refractivity contribution in [2.45, 2.75) is 25.8 Å². The summed E-state index contributed by atoms with van der Waals surface area (Å²) in [6, 6.07) is 5.31. The molecule has 1 aliphatic rings. The van der Waals surface area contributed by atoms with Crippen molar-refractivity contribution >= 4 is 17.3 Å². The average molecular weight is 233 g/mol. The summed E-state index contributed by atoms with van der Waals surface area (Å²) in [5, 5.41) is 0. The van der Waals surface area contributed by atoms with Gasteiger partial charge in [0.25, 0.3) is 5.91 Å². The zero-order valence-electron chi connectivity index (χ0n) is 10.3. The number of nitrogens with zero attached hydrogens (tertiary/aromatic N) is 1. The van der Waals surface area contributed by atoms with Crippen LogP contribution in [0.1, 0.15) is 30.1 Å². The number of hydrogen-bond donors (Lipinski definition) is 2. The molecule has 0 radical (unpaired) electrons. The number of carbonyl (C=O) groups is 1. The first-order chi connectivity index (χ1) is 8.00. The van der Waals surface area contributed by atoms with Gasteiger partial charge in [0.1, 0.15) is 0 Å². The van der Waals surface area contributed by atoms with Crippen molar-refractivity contribution in [2.24, 2.45) is 5.92 Å². The summed E-state index contributed by atoms with van der Waals surface area (Å²) >= 11 is 0. The maximum Gasteiger partial charge on any atom is 0.255 e. The molecule has 4 nitrogen and oxygen atoms in total. The van der Waals surface area contributed by atoms with E-state index in [1.165, 1.54) is 12.8 Å². The summed E-state index contributed by atoms with van der Waals surface area (Å²) in [4.78, 5) is 14.0. The highest BCUT2D eigenvalue weighted by Crippen LogP contribution is 2.35. The second-order valence-electron chi connectivity index (χ2n) is 4.84. The fraction of sp³-hybridized carbons (Fsp3) is 0.462. The third-order valence-corrected chi connectivity index (χ3v) is 3.54. The van der Waals surface area contributed by atoms with Crippen LogP contribution in [0.25, 0.3) is 0 Å². The highest BCUT2D eigenvalue weighted by Gasteiger charge is 2.33. The minimum absolute atomic E-state index is 0.0260. The zero-order valence-corrected chi connectivity index (χ0v) is 10.3. The van der Waals surface area contributed by atoms with Crippen molar-refractivity contribution in [1.29, 1.82) is 0 Å². The molecule has 4 N–H and O–H groups in total. The fourth-order valence-corrected chi connectivity index (χ4v) is 2.05. The van der Waals surface area contributed by atoms with E-state index in [1.54, 1.807) is 23.1 Å². The number of carbonyl (C=O) groups excluding carboxylic acids is 1. The van der Waals surface area contributed by atoms with Crippen molar-refractivity contribution in [3.8, 4) is 0 Å². The van der Waals surface area contributed by atoms with Gasteiger partial charge in [-0.2, -0.15) is 0 Å². The highest BCUT2D eigenvalue weighted by atomic mass is 16.2. The lowest BCUT2D eigenvalue weighted by atomic mass is 10.1. The van der Waals surface area contributed by atoms with Crippen LogP contribution in [0.15, 0.2) is 18.2 Å². The number of nitrogen functional groups attached to an aromatic ring is 2. The van der Waals surface area contributed by atoms with Gasteiger partial charge in [-0.1, -0.05) is 0 Å². The van der Waals surface area contributed by atoms with Crippen LogP contribution >= 0.6 is 0 Å². The third kappa shape index (κ3) is 2.35. The van der Waals surface area contributed by atoms with Gasteiger partial charge >= 0.3 is 0 Å². The first kappa shape index (κ1) is 11.8. The first-order valence-electron chi connectivity index (χ1n) is 5.93. The van der Waals surface area contributed by atoms with Crippen LogP contribution in [0.4, 0.5) is 11.4 Å².